The molecule has 2 aromatic carbocycles. The molecule has 11 unspecified atom stereocenters. The summed E-state index contributed by atoms with van der Waals surface area (Å²) < 4.78 is 47.9. The molecule has 462 valence electrons. The molecule has 8 rings (SSSR count). The molecule has 4 heterocycles. The number of rotatable bonds is 17. The first kappa shape index (κ1) is 69.7. The van der Waals surface area contributed by atoms with Gasteiger partial charge in [-0.2, -0.15) is 16.0 Å². The summed E-state index contributed by atoms with van der Waals surface area (Å²) in [6, 6.07) is 23.9. The minimum atomic E-state index is -3.09. The first-order chi connectivity index (χ1) is 39.1. The average molecular weight is 1350 g/mol. The lowest BCUT2D eigenvalue weighted by molar-refractivity contribution is -0.296. The smallest absolute Gasteiger partial charge is 0.335 e. The number of benzene rings is 2. The maximum Gasteiger partial charge on any atom is 0.335 e. The van der Waals surface area contributed by atoms with Crippen molar-refractivity contribution in [2.24, 2.45) is 11.8 Å². The van der Waals surface area contributed by atoms with E-state index < -0.39 is 97.3 Å². The Labute approximate surface area is 516 Å². The summed E-state index contributed by atoms with van der Waals surface area (Å²) in [4.78, 5) is 50.2. The lowest BCUT2D eigenvalue weighted by Gasteiger charge is -2.60. The highest BCUT2D eigenvalue weighted by Gasteiger charge is 2.75. The van der Waals surface area contributed by atoms with E-state index in [1.54, 1.807) is 0 Å². The van der Waals surface area contributed by atoms with Crippen molar-refractivity contribution in [3.05, 3.63) is 71.8 Å². The van der Waals surface area contributed by atoms with Crippen molar-refractivity contribution in [3.63, 3.8) is 0 Å². The van der Waals surface area contributed by atoms with Crippen molar-refractivity contribution in [3.8, 4) is 12.1 Å². The van der Waals surface area contributed by atoms with Crippen molar-refractivity contribution < 1.29 is 59.8 Å². The third-order valence-corrected chi connectivity index (χ3v) is 40.5. The zero-order valence-electron chi connectivity index (χ0n) is 51.8. The molecule has 2 aromatic rings. The summed E-state index contributed by atoms with van der Waals surface area (Å²) in [5, 5.41) is 33.8. The summed E-state index contributed by atoms with van der Waals surface area (Å²) in [7, 11) is -12.2. The predicted molar refractivity (Wildman–Crippen MR) is 333 cm³/mol. The number of carbonyl (C=O) groups excluding carboxylic acids is 3. The van der Waals surface area contributed by atoms with Gasteiger partial charge in [-0.15, -0.1) is 0 Å². The molecule has 6 aliphatic rings. The molecule has 2 saturated carbocycles. The van der Waals surface area contributed by atoms with E-state index in [0.29, 0.717) is 0 Å². The number of nitrogens with one attached hydrogen (secondary N) is 1. The van der Waals surface area contributed by atoms with Gasteiger partial charge in [-0.3, -0.25) is 19.3 Å². The zero-order chi connectivity index (χ0) is 61.6. The number of nitrogens with zero attached hydrogens (tertiary/aromatic N) is 3. The number of nitriles is 2. The van der Waals surface area contributed by atoms with Crippen LogP contribution in [0.25, 0.3) is 0 Å². The third-order valence-electron chi connectivity index (χ3n) is 17.9. The fourth-order valence-electron chi connectivity index (χ4n) is 13.3. The van der Waals surface area contributed by atoms with Crippen LogP contribution in [0.2, 0.25) is 44.3 Å². The van der Waals surface area contributed by atoms with Crippen LogP contribution in [0.3, 0.4) is 0 Å². The SMILES string of the molecule is C1CCOC1.CC(C)[Si]1(C(C)C)OC2C(=O)C(Br)C(C#N)C3(CC(=O)N3OCc3ccccc3)C2O[Si](C(C)C)(C(C)C)O1.CC(C)[Si]1(C(C)C)OC2C(O)C(Br)C(C#N)C(CC=O)(NOCc3ccccc3)C2O[Si](C(C)C)(C(C)C)O1. The maximum atomic E-state index is 14.0. The van der Waals surface area contributed by atoms with Crippen LogP contribution in [0, 0.1) is 34.5 Å². The van der Waals surface area contributed by atoms with E-state index in [1.807, 2.05) is 60.7 Å². The summed E-state index contributed by atoms with van der Waals surface area (Å²) in [5.74, 6) is -2.23. The molecule has 4 aliphatic heterocycles. The molecule has 1 amide bonds. The highest BCUT2D eigenvalue weighted by Crippen LogP contribution is 2.58. The highest BCUT2D eigenvalue weighted by atomic mass is 79.9. The van der Waals surface area contributed by atoms with Crippen LogP contribution in [0.5, 0.6) is 0 Å². The van der Waals surface area contributed by atoms with Gasteiger partial charge >= 0.3 is 34.2 Å². The minimum Gasteiger partial charge on any atom is -0.414 e. The molecule has 11 atom stereocenters. The fourth-order valence-corrected chi connectivity index (χ4v) is 37.6. The van der Waals surface area contributed by atoms with E-state index in [0.717, 1.165) is 30.6 Å². The number of carbonyl (C=O) groups is 3. The molecule has 2 N–H and O–H groups in total. The van der Waals surface area contributed by atoms with Crippen LogP contribution in [0.4, 0.5) is 0 Å². The molecule has 4 saturated heterocycles. The van der Waals surface area contributed by atoms with Crippen molar-refractivity contribution in [1.82, 2.24) is 10.5 Å². The number of aliphatic hydroxyl groups excluding tert-OH is 1. The molecular formula is C60H94Br2N4O13Si4. The minimum absolute atomic E-state index is 0.0263. The normalized spacial score (nSPS) is 31.6. The van der Waals surface area contributed by atoms with Gasteiger partial charge in [0.25, 0.3) is 0 Å². The number of fused-ring (bicyclic) bond motifs is 3. The Balaban J connectivity index is 0.000000245. The summed E-state index contributed by atoms with van der Waals surface area (Å²) >= 11 is 7.16. The monoisotopic (exact) mass is 1350 g/mol. The third kappa shape index (κ3) is 13.3. The van der Waals surface area contributed by atoms with E-state index >= 15 is 0 Å². The van der Waals surface area contributed by atoms with E-state index in [4.69, 9.17) is 40.3 Å². The molecule has 0 aromatic heterocycles. The molecule has 6 fully saturated rings. The Morgan fingerprint density at radius 3 is 1.51 bits per heavy atom. The maximum absolute atomic E-state index is 14.0. The number of hydrogen-bond acceptors (Lipinski definition) is 16. The lowest BCUT2D eigenvalue weighted by Crippen LogP contribution is -2.80. The van der Waals surface area contributed by atoms with Crippen LogP contribution in [0.15, 0.2) is 60.7 Å². The van der Waals surface area contributed by atoms with E-state index in [-0.39, 0.29) is 82.1 Å². The summed E-state index contributed by atoms with van der Waals surface area (Å²) in [5.41, 5.74) is 2.87. The zero-order valence-corrected chi connectivity index (χ0v) is 58.9. The van der Waals surface area contributed by atoms with Gasteiger partial charge in [0.2, 0.25) is 5.91 Å². The van der Waals surface area contributed by atoms with Gasteiger partial charge in [-0.1, -0.05) is 203 Å². The Morgan fingerprint density at radius 2 is 1.10 bits per heavy atom. The molecule has 83 heavy (non-hydrogen) atoms. The number of halogens is 2. The number of ketones is 1. The standard InChI is InChI=1S/C28H41BrN2O6Si2.C28H45BrN2O6Si2.C4H8O/c1-17(2)38(18(3)4)35-26-25(33)24(29)22(15-30)28(27(26)36-39(37-38,19(5)6)20(7)8)14-23(32)31(28)34-16-21-12-10-9-11-13-21;1-18(2)38(19(3)4)35-26-25(33)24(29)23(16-30)28(14-15-32,31-34-17-22-12-10-9-11-13-22)27(26)36-39(37-38,20(5)6)21(7)8;1-2-4-5-3-1/h9-13,17-20,22,24,26-27H,14,16H2,1-8H3;9-13,15,18-21,23-27,31,33H,14,17H2,1-8H3;1-4H2. The van der Waals surface area contributed by atoms with E-state index in [9.17, 15) is 30.0 Å². The second-order valence-corrected chi connectivity index (χ2v) is 45.3. The number of aliphatic hydroxyl groups is 1. The van der Waals surface area contributed by atoms with Crippen molar-refractivity contribution in [2.75, 3.05) is 13.2 Å². The Hall–Kier alpha value is -2.38. The first-order valence-electron chi connectivity index (χ1n) is 30.0. The Bertz CT molecular complexity index is 2520. The molecule has 0 radical (unpaired) electrons. The van der Waals surface area contributed by atoms with Gasteiger partial charge in [0.15, 0.2) is 5.78 Å². The first-order valence-corrected chi connectivity index (χ1v) is 39.7. The molecule has 2 aliphatic carbocycles. The van der Waals surface area contributed by atoms with Gasteiger partial charge in [-0.05, 0) is 68.3 Å². The van der Waals surface area contributed by atoms with Crippen molar-refractivity contribution in [2.45, 2.75) is 245 Å². The predicted octanol–water partition coefficient (Wildman–Crippen LogP) is 12.3. The second-order valence-electron chi connectivity index (χ2n) is 25.7. The van der Waals surface area contributed by atoms with Gasteiger partial charge in [0, 0.05) is 19.6 Å². The molecule has 23 heteroatoms. The quantitative estimate of drug-likeness (QED) is 0.0495. The van der Waals surface area contributed by atoms with Gasteiger partial charge in [0.05, 0.1) is 64.4 Å². The lowest BCUT2D eigenvalue weighted by atomic mass is 9.63. The van der Waals surface area contributed by atoms with Crippen molar-refractivity contribution in [1.29, 1.82) is 10.5 Å². The number of aldehydes is 1. The van der Waals surface area contributed by atoms with E-state index in [1.165, 1.54) is 17.9 Å². The Kier molecular flexibility index (Phi) is 24.2. The number of alkyl halides is 2. The topological polar surface area (TPSA) is 217 Å². The molecule has 0 bridgehead atoms. The van der Waals surface area contributed by atoms with Crippen LogP contribution in [-0.2, 0) is 67.9 Å². The van der Waals surface area contributed by atoms with Crippen LogP contribution in [-0.4, -0.2) is 127 Å². The highest BCUT2D eigenvalue weighted by molar-refractivity contribution is 9.10. The second kappa shape index (κ2) is 28.8. The largest absolute Gasteiger partial charge is 0.414 e. The fraction of sp³-hybridized carbons (Fsp3) is 0.717. The number of hydroxylamine groups is 3. The average Bonchev–Trinajstić information content (AvgIpc) is 1.77. The Morgan fingerprint density at radius 1 is 0.663 bits per heavy atom. The molecular weight excluding hydrogens is 1260 g/mol. The van der Waals surface area contributed by atoms with Crippen LogP contribution >= 0.6 is 31.9 Å². The van der Waals surface area contributed by atoms with Crippen LogP contribution < -0.4 is 5.48 Å². The van der Waals surface area contributed by atoms with Gasteiger partial charge in [0.1, 0.15) is 36.7 Å². The number of amides is 1. The van der Waals surface area contributed by atoms with Crippen LogP contribution in [0.1, 0.15) is 148 Å². The number of Topliss-reactive ketones (excluding diaryl/α,β-unsaturated/α-hetero) is 1. The van der Waals surface area contributed by atoms with Gasteiger partial charge < -0.3 is 40.6 Å². The number of hydrogen-bond donors (Lipinski definition) is 2. The number of ether oxygens (including phenoxy) is 1. The van der Waals surface area contributed by atoms with Gasteiger partial charge in [-0.25, -0.2) is 5.06 Å². The number of β-lactam (4-membered cyclic amide) rings is 1. The summed E-state index contributed by atoms with van der Waals surface area (Å²) in [6.45, 7) is 36.1. The molecule has 1 spiro atoms. The van der Waals surface area contributed by atoms with E-state index in [2.05, 4.69) is 160 Å². The van der Waals surface area contributed by atoms with Crippen molar-refractivity contribution >= 4 is 84.1 Å². The molecule has 17 nitrogen and oxygen atoms in total. The summed E-state index contributed by atoms with van der Waals surface area (Å²) in [6.07, 6.45) is -1.34.